The van der Waals surface area contributed by atoms with Gasteiger partial charge in [0, 0.05) is 26.1 Å². The van der Waals surface area contributed by atoms with E-state index >= 15 is 0 Å². The lowest BCUT2D eigenvalue weighted by Gasteiger charge is -2.29. The van der Waals surface area contributed by atoms with Gasteiger partial charge in [-0.15, -0.1) is 0 Å². The molecule has 1 heterocycles. The van der Waals surface area contributed by atoms with E-state index in [1.54, 1.807) is 6.92 Å². The van der Waals surface area contributed by atoms with E-state index in [1.165, 1.54) is 14.2 Å². The third kappa shape index (κ3) is 1.73. The highest BCUT2D eigenvalue weighted by Gasteiger charge is 2.54. The molecule has 0 aromatic carbocycles. The van der Waals surface area contributed by atoms with Crippen LogP contribution in [0.1, 0.15) is 19.8 Å². The van der Waals surface area contributed by atoms with Crippen LogP contribution in [0.5, 0.6) is 0 Å². The molecule has 2 aliphatic rings. The fraction of sp³-hybridized carbons (Fsp3) is 0.909. The maximum absolute atomic E-state index is 11.6. The molecule has 2 rings (SSSR count). The van der Waals surface area contributed by atoms with Crippen LogP contribution < -0.4 is 0 Å². The van der Waals surface area contributed by atoms with Crippen molar-refractivity contribution in [3.8, 4) is 0 Å². The molecular formula is C11H18O5. The van der Waals surface area contributed by atoms with Crippen LogP contribution in [0.4, 0.5) is 0 Å². The lowest BCUT2D eigenvalue weighted by molar-refractivity contribution is -0.211. The van der Waals surface area contributed by atoms with Crippen LogP contribution in [-0.2, 0) is 19.0 Å². The van der Waals surface area contributed by atoms with E-state index in [1.807, 2.05) is 0 Å². The molecule has 2 fully saturated rings. The van der Waals surface area contributed by atoms with Crippen LogP contribution in [0.2, 0.25) is 0 Å². The van der Waals surface area contributed by atoms with E-state index in [2.05, 4.69) is 0 Å². The van der Waals surface area contributed by atoms with Crippen molar-refractivity contribution >= 4 is 5.97 Å². The highest BCUT2D eigenvalue weighted by molar-refractivity contribution is 5.75. The van der Waals surface area contributed by atoms with Crippen LogP contribution in [0.25, 0.3) is 0 Å². The number of carbonyl (C=O) groups excluding carboxylic acids is 1. The zero-order chi connectivity index (χ0) is 11.9. The van der Waals surface area contributed by atoms with Crippen molar-refractivity contribution in [2.45, 2.75) is 31.8 Å². The molecule has 5 atom stereocenters. The molecule has 1 aliphatic heterocycles. The average molecular weight is 230 g/mol. The molecule has 16 heavy (non-hydrogen) atoms. The molecule has 5 heteroatoms. The van der Waals surface area contributed by atoms with Gasteiger partial charge in [0.1, 0.15) is 0 Å². The van der Waals surface area contributed by atoms with E-state index < -0.39 is 12.1 Å². The third-order valence-electron chi connectivity index (χ3n) is 3.90. The summed E-state index contributed by atoms with van der Waals surface area (Å²) in [7, 11) is 3.00. The molecule has 0 aromatic heterocycles. The molecular weight excluding hydrogens is 212 g/mol. The number of esters is 1. The molecule has 0 aromatic rings. The first-order valence-corrected chi connectivity index (χ1v) is 5.50. The second-order valence-corrected chi connectivity index (χ2v) is 4.74. The zero-order valence-electron chi connectivity index (χ0n) is 9.80. The van der Waals surface area contributed by atoms with Gasteiger partial charge in [-0.05, 0) is 19.8 Å². The minimum Gasteiger partial charge on any atom is -0.435 e. The molecule has 5 unspecified atom stereocenters. The van der Waals surface area contributed by atoms with Gasteiger partial charge in [-0.3, -0.25) is 4.79 Å². The number of aliphatic hydroxyl groups is 1. The molecule has 0 amide bonds. The molecule has 1 saturated carbocycles. The first-order chi connectivity index (χ1) is 7.49. The second kappa shape index (κ2) is 3.98. The minimum atomic E-state index is -1.18. The Kier molecular flexibility index (Phi) is 2.94. The molecule has 92 valence electrons. The molecule has 0 bridgehead atoms. The van der Waals surface area contributed by atoms with Crippen LogP contribution in [0, 0.1) is 17.8 Å². The number of fused-ring (bicyclic) bond motifs is 1. The van der Waals surface area contributed by atoms with Gasteiger partial charge in [0.2, 0.25) is 6.29 Å². The standard InChI is InChI=1S/C11H18O5/c1-11(13,15-3)6-4-7-8(5-6)10(14-2)16-9(7)12/h6-8,10,13H,4-5H2,1-3H3. The lowest BCUT2D eigenvalue weighted by atomic mass is 9.96. The topological polar surface area (TPSA) is 65.0 Å². The summed E-state index contributed by atoms with van der Waals surface area (Å²) in [4.78, 5) is 11.6. The van der Waals surface area contributed by atoms with Crippen LogP contribution >= 0.6 is 0 Å². The Morgan fingerprint density at radius 1 is 1.44 bits per heavy atom. The van der Waals surface area contributed by atoms with Gasteiger partial charge in [-0.25, -0.2) is 0 Å². The number of methoxy groups -OCH3 is 2. The van der Waals surface area contributed by atoms with E-state index in [-0.39, 0.29) is 23.7 Å². The Morgan fingerprint density at radius 3 is 2.69 bits per heavy atom. The summed E-state index contributed by atoms with van der Waals surface area (Å²) in [5.74, 6) is -1.55. The first-order valence-electron chi connectivity index (χ1n) is 5.50. The van der Waals surface area contributed by atoms with Gasteiger partial charge in [0.15, 0.2) is 5.79 Å². The molecule has 1 N–H and O–H groups in total. The van der Waals surface area contributed by atoms with Crippen molar-refractivity contribution in [3.63, 3.8) is 0 Å². The van der Waals surface area contributed by atoms with Crippen molar-refractivity contribution in [3.05, 3.63) is 0 Å². The molecule has 1 saturated heterocycles. The summed E-state index contributed by atoms with van der Waals surface area (Å²) >= 11 is 0. The smallest absolute Gasteiger partial charge is 0.311 e. The largest absolute Gasteiger partial charge is 0.435 e. The van der Waals surface area contributed by atoms with Gasteiger partial charge < -0.3 is 19.3 Å². The van der Waals surface area contributed by atoms with Crippen molar-refractivity contribution in [1.29, 1.82) is 0 Å². The molecule has 1 aliphatic carbocycles. The summed E-state index contributed by atoms with van der Waals surface area (Å²) < 4.78 is 15.3. The van der Waals surface area contributed by atoms with Crippen molar-refractivity contribution < 1.29 is 24.1 Å². The van der Waals surface area contributed by atoms with Gasteiger partial charge >= 0.3 is 5.97 Å². The fourth-order valence-electron chi connectivity index (χ4n) is 2.76. The van der Waals surface area contributed by atoms with Gasteiger partial charge in [0.05, 0.1) is 5.92 Å². The Labute approximate surface area is 94.7 Å². The van der Waals surface area contributed by atoms with Crippen LogP contribution in [0.15, 0.2) is 0 Å². The average Bonchev–Trinajstić information content (AvgIpc) is 2.80. The van der Waals surface area contributed by atoms with Crippen LogP contribution in [-0.4, -0.2) is 37.4 Å². The lowest BCUT2D eigenvalue weighted by Crippen LogP contribution is -2.36. The third-order valence-corrected chi connectivity index (χ3v) is 3.90. The second-order valence-electron chi connectivity index (χ2n) is 4.74. The number of hydrogen-bond acceptors (Lipinski definition) is 5. The summed E-state index contributed by atoms with van der Waals surface area (Å²) in [6.07, 6.45) is 0.829. The predicted molar refractivity (Wildman–Crippen MR) is 54.2 cm³/mol. The van der Waals surface area contributed by atoms with E-state index in [9.17, 15) is 9.90 Å². The minimum absolute atomic E-state index is 0.0435. The number of hydrogen-bond donors (Lipinski definition) is 1. The van der Waals surface area contributed by atoms with Crippen LogP contribution in [0.3, 0.4) is 0 Å². The summed E-state index contributed by atoms with van der Waals surface area (Å²) in [6, 6.07) is 0. The monoisotopic (exact) mass is 230 g/mol. The summed E-state index contributed by atoms with van der Waals surface area (Å²) in [5.41, 5.74) is 0. The Bertz CT molecular complexity index is 288. The highest BCUT2D eigenvalue weighted by Crippen LogP contribution is 2.48. The van der Waals surface area contributed by atoms with Gasteiger partial charge in [-0.1, -0.05) is 0 Å². The number of ether oxygens (including phenoxy) is 3. The Balaban J connectivity index is 2.10. The molecule has 0 spiro atoms. The van der Waals surface area contributed by atoms with Crippen molar-refractivity contribution in [2.24, 2.45) is 17.8 Å². The van der Waals surface area contributed by atoms with Crippen molar-refractivity contribution in [2.75, 3.05) is 14.2 Å². The predicted octanol–water partition coefficient (Wildman–Crippen LogP) is 0.513. The SMILES string of the molecule is COC1OC(=O)C2CC(C(C)(O)OC)CC12. The maximum Gasteiger partial charge on any atom is 0.311 e. The van der Waals surface area contributed by atoms with E-state index in [4.69, 9.17) is 14.2 Å². The van der Waals surface area contributed by atoms with Crippen molar-refractivity contribution in [1.82, 2.24) is 0 Å². The quantitative estimate of drug-likeness (QED) is 0.565. The first kappa shape index (κ1) is 11.8. The van der Waals surface area contributed by atoms with Gasteiger partial charge in [0.25, 0.3) is 0 Å². The molecule has 0 radical (unpaired) electrons. The Hall–Kier alpha value is -0.650. The van der Waals surface area contributed by atoms with E-state index in [0.717, 1.165) is 0 Å². The summed E-state index contributed by atoms with van der Waals surface area (Å²) in [6.45, 7) is 1.63. The van der Waals surface area contributed by atoms with E-state index in [0.29, 0.717) is 12.8 Å². The highest BCUT2D eigenvalue weighted by atomic mass is 16.7. The molecule has 5 nitrogen and oxygen atoms in total. The number of cyclic esters (lactones) is 1. The Morgan fingerprint density at radius 2 is 2.12 bits per heavy atom. The zero-order valence-corrected chi connectivity index (χ0v) is 9.80. The number of rotatable bonds is 3. The normalized spacial score (nSPS) is 41.6. The number of carbonyl (C=O) groups is 1. The summed E-state index contributed by atoms with van der Waals surface area (Å²) in [5, 5.41) is 10.0. The van der Waals surface area contributed by atoms with Gasteiger partial charge in [-0.2, -0.15) is 0 Å². The fourth-order valence-corrected chi connectivity index (χ4v) is 2.76. The maximum atomic E-state index is 11.6.